The Labute approximate surface area is 217 Å². The Kier molecular flexibility index (Phi) is 6.40. The van der Waals surface area contributed by atoms with E-state index in [1.807, 2.05) is 41.8 Å². The number of aryl methyl sites for hydroxylation is 1. The van der Waals surface area contributed by atoms with Gasteiger partial charge in [0.15, 0.2) is 5.82 Å². The van der Waals surface area contributed by atoms with Gasteiger partial charge in [-0.3, -0.25) is 23.2 Å². The van der Waals surface area contributed by atoms with Crippen LogP contribution in [0.25, 0.3) is 16.8 Å². The maximum Gasteiger partial charge on any atom is 0.264 e. The van der Waals surface area contributed by atoms with Crippen molar-refractivity contribution in [2.45, 2.75) is 19.5 Å². The van der Waals surface area contributed by atoms with Crippen LogP contribution in [0, 0.1) is 6.92 Å². The zero-order chi connectivity index (χ0) is 26.3. The predicted molar refractivity (Wildman–Crippen MR) is 137 cm³/mol. The summed E-state index contributed by atoms with van der Waals surface area (Å²) in [6.45, 7) is 1.53. The van der Waals surface area contributed by atoms with E-state index in [1.54, 1.807) is 24.5 Å². The number of primary amides is 1. The van der Waals surface area contributed by atoms with Crippen molar-refractivity contribution in [3.63, 3.8) is 0 Å². The third-order valence-electron chi connectivity index (χ3n) is 5.77. The number of carbonyl (C=O) groups is 1. The quantitative estimate of drug-likeness (QED) is 0.355. The van der Waals surface area contributed by atoms with E-state index in [1.165, 1.54) is 4.68 Å². The number of amides is 1. The summed E-state index contributed by atoms with van der Waals surface area (Å²) in [5.41, 5.74) is 9.80. The lowest BCUT2D eigenvalue weighted by atomic mass is 9.96. The molecule has 1 amide bonds. The summed E-state index contributed by atoms with van der Waals surface area (Å²) in [7, 11) is -3.72. The Hall–Kier alpha value is -3.87. The summed E-state index contributed by atoms with van der Waals surface area (Å²) < 4.78 is 32.0. The monoisotopic (exact) mass is 539 g/mol. The molecule has 5 rings (SSSR count). The molecule has 2 N–H and O–H groups in total. The zero-order valence-corrected chi connectivity index (χ0v) is 21.4. The van der Waals surface area contributed by atoms with Crippen LogP contribution in [0.2, 0.25) is 5.02 Å². The smallest absolute Gasteiger partial charge is 0.264 e. The number of rotatable bonds is 7. The van der Waals surface area contributed by atoms with Gasteiger partial charge in [-0.2, -0.15) is 13.5 Å². The normalized spacial score (nSPS) is 15.0. The highest BCUT2D eigenvalue weighted by molar-refractivity contribution is 7.85. The number of aliphatic imine (C=N–C) groups is 1. The number of carbonyl (C=O) groups excluding carboxylic acids is 1. The summed E-state index contributed by atoms with van der Waals surface area (Å²) >= 11 is 6.14. The molecule has 3 heterocycles. The van der Waals surface area contributed by atoms with Crippen molar-refractivity contribution in [1.29, 1.82) is 0 Å². The van der Waals surface area contributed by atoms with Crippen LogP contribution in [0.1, 0.15) is 28.8 Å². The minimum atomic E-state index is -3.72. The van der Waals surface area contributed by atoms with E-state index in [9.17, 15) is 13.2 Å². The third-order valence-corrected chi connectivity index (χ3v) is 6.58. The van der Waals surface area contributed by atoms with Gasteiger partial charge in [0.25, 0.3) is 10.1 Å². The Morgan fingerprint density at radius 2 is 1.84 bits per heavy atom. The lowest BCUT2D eigenvalue weighted by Gasteiger charge is -2.14. The zero-order valence-electron chi connectivity index (χ0n) is 19.9. The summed E-state index contributed by atoms with van der Waals surface area (Å²) in [5.74, 6) is 0.565. The predicted octanol–water partition coefficient (Wildman–Crippen LogP) is 2.45. The van der Waals surface area contributed by atoms with Gasteiger partial charge in [-0.05, 0) is 36.8 Å². The van der Waals surface area contributed by atoms with Crippen LogP contribution < -0.4 is 5.73 Å². The van der Waals surface area contributed by atoms with Crippen molar-refractivity contribution in [3.05, 3.63) is 82.7 Å². The first-order valence-corrected chi connectivity index (χ1v) is 13.3. The average Bonchev–Trinajstić information content (AvgIpc) is 3.42. The fourth-order valence-corrected chi connectivity index (χ4v) is 4.67. The fraction of sp³-hybridized carbons (Fsp3) is 0.208. The number of halogens is 1. The maximum absolute atomic E-state index is 11.8. The number of benzene rings is 2. The highest BCUT2D eigenvalue weighted by Gasteiger charge is 2.29. The number of hydrogen-bond acceptors (Lipinski definition) is 8. The van der Waals surface area contributed by atoms with Crippen LogP contribution in [-0.4, -0.2) is 57.4 Å². The molecule has 1 aliphatic heterocycles. The van der Waals surface area contributed by atoms with Crippen molar-refractivity contribution < 1.29 is 17.4 Å². The van der Waals surface area contributed by atoms with Crippen LogP contribution in [0.5, 0.6) is 0 Å². The minimum absolute atomic E-state index is 0.0340. The van der Waals surface area contributed by atoms with Gasteiger partial charge in [0.1, 0.15) is 18.4 Å². The molecule has 0 spiro atoms. The lowest BCUT2D eigenvalue weighted by Crippen LogP contribution is -2.18. The Balaban J connectivity index is 1.70. The summed E-state index contributed by atoms with van der Waals surface area (Å²) in [5, 5.41) is 13.3. The standard InChI is InChI=1S/C24H22ClN7O4S/c1-14-29-30-24-20(13-36-37(2,34)35)28-23(15-3-6-18(25)7-4-15)19-9-16(5-8-21(19)32(14)24)17-10-27-31(11-17)12-22(26)33/h3-11,20H,12-13H2,1-2H3,(H2,26,33). The molecular weight excluding hydrogens is 518 g/mol. The van der Waals surface area contributed by atoms with Crippen LogP contribution in [0.15, 0.2) is 59.9 Å². The van der Waals surface area contributed by atoms with E-state index < -0.39 is 22.1 Å². The first-order chi connectivity index (χ1) is 17.6. The van der Waals surface area contributed by atoms with Gasteiger partial charge in [-0.15, -0.1) is 10.2 Å². The van der Waals surface area contributed by atoms with Gasteiger partial charge in [0.2, 0.25) is 5.91 Å². The van der Waals surface area contributed by atoms with Crippen molar-refractivity contribution in [3.8, 4) is 16.8 Å². The van der Waals surface area contributed by atoms with E-state index in [4.69, 9.17) is 26.5 Å². The van der Waals surface area contributed by atoms with Gasteiger partial charge < -0.3 is 5.73 Å². The highest BCUT2D eigenvalue weighted by Crippen LogP contribution is 2.34. The van der Waals surface area contributed by atoms with E-state index in [-0.39, 0.29) is 13.2 Å². The van der Waals surface area contributed by atoms with Crippen molar-refractivity contribution >= 4 is 33.3 Å². The molecule has 1 aliphatic rings. The average molecular weight is 540 g/mol. The Bertz CT molecular complexity index is 1640. The first-order valence-electron chi connectivity index (χ1n) is 11.1. The van der Waals surface area contributed by atoms with E-state index in [2.05, 4.69) is 15.3 Å². The number of nitrogens with zero attached hydrogens (tertiary/aromatic N) is 6. The van der Waals surface area contributed by atoms with Crippen LogP contribution in [-0.2, 0) is 25.6 Å². The van der Waals surface area contributed by atoms with Gasteiger partial charge in [-0.25, -0.2) is 0 Å². The number of hydrogen-bond donors (Lipinski definition) is 1. The fourth-order valence-electron chi connectivity index (χ4n) is 4.17. The largest absolute Gasteiger partial charge is 0.368 e. The summed E-state index contributed by atoms with van der Waals surface area (Å²) in [6, 6.07) is 12.2. The molecule has 0 bridgehead atoms. The maximum atomic E-state index is 11.8. The lowest BCUT2D eigenvalue weighted by molar-refractivity contribution is -0.118. The molecule has 13 heteroatoms. The summed E-state index contributed by atoms with van der Waals surface area (Å²) in [4.78, 5) is 16.2. The van der Waals surface area contributed by atoms with Gasteiger partial charge in [0.05, 0.1) is 30.5 Å². The van der Waals surface area contributed by atoms with Gasteiger partial charge >= 0.3 is 0 Å². The molecule has 0 fully saturated rings. The molecule has 37 heavy (non-hydrogen) atoms. The Morgan fingerprint density at radius 1 is 1.11 bits per heavy atom. The molecule has 0 radical (unpaired) electrons. The van der Waals surface area contributed by atoms with E-state index in [0.29, 0.717) is 22.4 Å². The number of nitrogens with two attached hydrogens (primary N) is 1. The molecule has 0 saturated carbocycles. The van der Waals surface area contributed by atoms with Crippen LogP contribution in [0.3, 0.4) is 0 Å². The topological polar surface area (TPSA) is 147 Å². The molecule has 1 unspecified atom stereocenters. The second-order valence-electron chi connectivity index (χ2n) is 8.55. The first kappa shape index (κ1) is 24.8. The van der Waals surface area contributed by atoms with Crippen molar-refractivity contribution in [2.24, 2.45) is 10.7 Å². The molecule has 0 aliphatic carbocycles. The SMILES string of the molecule is Cc1nnc2n1-c1ccc(-c3cnn(CC(N)=O)c3)cc1C(c1ccc(Cl)cc1)=NC2COS(C)(=O)=O. The van der Waals surface area contributed by atoms with E-state index in [0.717, 1.165) is 34.2 Å². The molecule has 190 valence electrons. The second kappa shape index (κ2) is 9.54. The van der Waals surface area contributed by atoms with E-state index >= 15 is 0 Å². The molecule has 11 nitrogen and oxygen atoms in total. The third kappa shape index (κ3) is 5.17. The van der Waals surface area contributed by atoms with Crippen LogP contribution >= 0.6 is 11.6 Å². The molecule has 1 atom stereocenters. The number of fused-ring (bicyclic) bond motifs is 3. The van der Waals surface area contributed by atoms with Crippen LogP contribution in [0.4, 0.5) is 0 Å². The van der Waals surface area contributed by atoms with Crippen molar-refractivity contribution in [2.75, 3.05) is 12.9 Å². The molecule has 2 aromatic carbocycles. The highest BCUT2D eigenvalue weighted by atomic mass is 35.5. The molecule has 0 saturated heterocycles. The second-order valence-corrected chi connectivity index (χ2v) is 10.6. The number of aromatic nitrogens is 5. The minimum Gasteiger partial charge on any atom is -0.368 e. The summed E-state index contributed by atoms with van der Waals surface area (Å²) in [6.07, 6.45) is 4.38. The van der Waals surface area contributed by atoms with Crippen molar-refractivity contribution in [1.82, 2.24) is 24.5 Å². The Morgan fingerprint density at radius 3 is 2.54 bits per heavy atom. The molecule has 4 aromatic rings. The molecular formula is C24H22ClN7O4S. The molecule has 2 aromatic heterocycles. The van der Waals surface area contributed by atoms with Gasteiger partial charge in [0, 0.05) is 27.9 Å². The van der Waals surface area contributed by atoms with Gasteiger partial charge in [-0.1, -0.05) is 29.8 Å².